The Kier molecular flexibility index (Phi) is 2.99. The third-order valence-electron chi connectivity index (χ3n) is 2.58. The summed E-state index contributed by atoms with van der Waals surface area (Å²) in [4.78, 5) is 27.2. The smallest absolute Gasteiger partial charge is 0.357 e. The average molecular weight is 239 g/mol. The molecule has 0 aliphatic carbocycles. The second-order valence-corrected chi connectivity index (χ2v) is 3.95. The molecule has 1 amide bonds. The Labute approximate surface area is 97.4 Å². The molecule has 7 heteroatoms. The lowest BCUT2D eigenvalue weighted by Gasteiger charge is -2.13. The topological polar surface area (TPSA) is 95.7 Å². The van der Waals surface area contributed by atoms with Crippen molar-refractivity contribution in [3.05, 3.63) is 12.0 Å². The van der Waals surface area contributed by atoms with Crippen LogP contribution in [-0.2, 0) is 4.79 Å². The van der Waals surface area contributed by atoms with Crippen molar-refractivity contribution in [1.29, 1.82) is 0 Å². The molecule has 2 N–H and O–H groups in total. The molecule has 7 nitrogen and oxygen atoms in total. The Morgan fingerprint density at radius 3 is 3.00 bits per heavy atom. The first kappa shape index (κ1) is 11.4. The SMILES string of the molecule is CC(=O)NC1CCN(c2nc(C(=O)O)co2)C1. The van der Waals surface area contributed by atoms with Crippen LogP contribution in [0.4, 0.5) is 6.01 Å². The van der Waals surface area contributed by atoms with E-state index in [1.54, 1.807) is 0 Å². The van der Waals surface area contributed by atoms with Gasteiger partial charge in [-0.05, 0) is 6.42 Å². The van der Waals surface area contributed by atoms with E-state index in [1.165, 1.54) is 6.92 Å². The second kappa shape index (κ2) is 4.44. The maximum atomic E-state index is 10.9. The van der Waals surface area contributed by atoms with E-state index in [0.29, 0.717) is 13.1 Å². The summed E-state index contributed by atoms with van der Waals surface area (Å²) in [6.45, 7) is 2.74. The fraction of sp³-hybridized carbons (Fsp3) is 0.500. The lowest BCUT2D eigenvalue weighted by atomic mass is 10.3. The van der Waals surface area contributed by atoms with Gasteiger partial charge in [0.05, 0.1) is 0 Å². The first-order valence-corrected chi connectivity index (χ1v) is 5.27. The minimum atomic E-state index is -1.11. The number of carbonyl (C=O) groups is 2. The zero-order valence-electron chi connectivity index (χ0n) is 9.34. The zero-order valence-corrected chi connectivity index (χ0v) is 9.34. The van der Waals surface area contributed by atoms with Crippen molar-refractivity contribution in [3.63, 3.8) is 0 Å². The number of carboxylic acid groups (broad SMARTS) is 1. The molecule has 1 saturated heterocycles. The number of aromatic carboxylic acids is 1. The van der Waals surface area contributed by atoms with Crippen molar-refractivity contribution < 1.29 is 19.1 Å². The molecule has 17 heavy (non-hydrogen) atoms. The van der Waals surface area contributed by atoms with E-state index in [-0.39, 0.29) is 23.7 Å². The highest BCUT2D eigenvalue weighted by Gasteiger charge is 2.26. The van der Waals surface area contributed by atoms with Gasteiger partial charge >= 0.3 is 5.97 Å². The summed E-state index contributed by atoms with van der Waals surface area (Å²) in [7, 11) is 0. The summed E-state index contributed by atoms with van der Waals surface area (Å²) in [5.74, 6) is -1.19. The summed E-state index contributed by atoms with van der Waals surface area (Å²) >= 11 is 0. The monoisotopic (exact) mass is 239 g/mol. The number of nitrogens with one attached hydrogen (secondary N) is 1. The summed E-state index contributed by atoms with van der Waals surface area (Å²) in [6.07, 6.45) is 1.91. The number of rotatable bonds is 3. The Hall–Kier alpha value is -2.05. The fourth-order valence-electron chi connectivity index (χ4n) is 1.85. The van der Waals surface area contributed by atoms with Gasteiger partial charge in [0, 0.05) is 26.1 Å². The van der Waals surface area contributed by atoms with Crippen LogP contribution in [0.2, 0.25) is 0 Å². The van der Waals surface area contributed by atoms with Crippen LogP contribution >= 0.6 is 0 Å². The summed E-state index contributed by atoms with van der Waals surface area (Å²) in [5.41, 5.74) is -0.108. The minimum absolute atomic E-state index is 0.0627. The molecule has 1 aromatic heterocycles. The van der Waals surface area contributed by atoms with E-state index < -0.39 is 5.97 Å². The molecule has 1 atom stereocenters. The molecule has 1 unspecified atom stereocenters. The minimum Gasteiger partial charge on any atom is -0.476 e. The lowest BCUT2D eigenvalue weighted by Crippen LogP contribution is -2.35. The summed E-state index contributed by atoms with van der Waals surface area (Å²) < 4.78 is 5.08. The number of carbonyl (C=O) groups excluding carboxylic acids is 1. The molecule has 1 aliphatic heterocycles. The number of anilines is 1. The predicted octanol–water partition coefficient (Wildman–Crippen LogP) is 0.0876. The van der Waals surface area contributed by atoms with Crippen molar-refractivity contribution in [2.45, 2.75) is 19.4 Å². The Bertz CT molecular complexity index is 443. The van der Waals surface area contributed by atoms with Crippen molar-refractivity contribution in [1.82, 2.24) is 10.3 Å². The molecule has 2 heterocycles. The number of hydrogen-bond donors (Lipinski definition) is 2. The van der Waals surface area contributed by atoms with Crippen LogP contribution < -0.4 is 10.2 Å². The molecular weight excluding hydrogens is 226 g/mol. The van der Waals surface area contributed by atoms with E-state index >= 15 is 0 Å². The van der Waals surface area contributed by atoms with Crippen LogP contribution in [0.25, 0.3) is 0 Å². The van der Waals surface area contributed by atoms with Gasteiger partial charge in [-0.25, -0.2) is 4.79 Å². The van der Waals surface area contributed by atoms with Crippen LogP contribution in [0.3, 0.4) is 0 Å². The highest BCUT2D eigenvalue weighted by molar-refractivity contribution is 5.85. The highest BCUT2D eigenvalue weighted by Crippen LogP contribution is 2.19. The largest absolute Gasteiger partial charge is 0.476 e. The van der Waals surface area contributed by atoms with Crippen molar-refractivity contribution >= 4 is 17.9 Å². The lowest BCUT2D eigenvalue weighted by molar-refractivity contribution is -0.119. The van der Waals surface area contributed by atoms with Gasteiger partial charge in [0.2, 0.25) is 5.91 Å². The average Bonchev–Trinajstić information content (AvgIpc) is 2.83. The van der Waals surface area contributed by atoms with Gasteiger partial charge in [0.1, 0.15) is 6.26 Å². The second-order valence-electron chi connectivity index (χ2n) is 3.95. The maximum absolute atomic E-state index is 10.9. The number of nitrogens with zero attached hydrogens (tertiary/aromatic N) is 2. The van der Waals surface area contributed by atoms with Crippen LogP contribution in [0.5, 0.6) is 0 Å². The highest BCUT2D eigenvalue weighted by atomic mass is 16.4. The summed E-state index contributed by atoms with van der Waals surface area (Å²) in [6, 6.07) is 0.350. The maximum Gasteiger partial charge on any atom is 0.357 e. The molecule has 0 radical (unpaired) electrons. The van der Waals surface area contributed by atoms with Gasteiger partial charge in [-0.2, -0.15) is 4.98 Å². The first-order chi connectivity index (χ1) is 8.06. The number of amides is 1. The van der Waals surface area contributed by atoms with Crippen molar-refractivity contribution in [3.8, 4) is 0 Å². The fourth-order valence-corrected chi connectivity index (χ4v) is 1.85. The molecule has 2 rings (SSSR count). The standard InChI is InChI=1S/C10H13N3O4/c1-6(14)11-7-2-3-13(4-7)10-12-8(5-17-10)9(15)16/h5,7H,2-4H2,1H3,(H,11,14)(H,15,16). The normalized spacial score (nSPS) is 19.4. The molecule has 0 bridgehead atoms. The van der Waals surface area contributed by atoms with Crippen molar-refractivity contribution in [2.75, 3.05) is 18.0 Å². The number of aromatic nitrogens is 1. The molecule has 92 valence electrons. The van der Waals surface area contributed by atoms with Gasteiger partial charge in [0.25, 0.3) is 6.01 Å². The zero-order chi connectivity index (χ0) is 12.4. The molecule has 0 spiro atoms. The van der Waals surface area contributed by atoms with Crippen LogP contribution in [0.15, 0.2) is 10.7 Å². The molecule has 1 fully saturated rings. The number of carboxylic acids is 1. The van der Waals surface area contributed by atoms with Crippen LogP contribution in [0.1, 0.15) is 23.8 Å². The van der Waals surface area contributed by atoms with E-state index in [2.05, 4.69) is 10.3 Å². The summed E-state index contributed by atoms with van der Waals surface area (Å²) in [5, 5.41) is 11.5. The Morgan fingerprint density at radius 1 is 1.65 bits per heavy atom. The number of oxazole rings is 1. The Balaban J connectivity index is 1.99. The molecule has 0 saturated carbocycles. The van der Waals surface area contributed by atoms with Gasteiger partial charge in [0.15, 0.2) is 5.69 Å². The van der Waals surface area contributed by atoms with Gasteiger partial charge < -0.3 is 19.7 Å². The third-order valence-corrected chi connectivity index (χ3v) is 2.58. The van der Waals surface area contributed by atoms with E-state index in [9.17, 15) is 9.59 Å². The molecule has 0 aromatic carbocycles. The van der Waals surface area contributed by atoms with Crippen LogP contribution in [-0.4, -0.2) is 41.1 Å². The molecular formula is C10H13N3O4. The van der Waals surface area contributed by atoms with E-state index in [4.69, 9.17) is 9.52 Å². The van der Waals surface area contributed by atoms with Gasteiger partial charge in [-0.15, -0.1) is 0 Å². The van der Waals surface area contributed by atoms with E-state index in [0.717, 1.165) is 12.7 Å². The first-order valence-electron chi connectivity index (χ1n) is 5.27. The third kappa shape index (κ3) is 2.55. The van der Waals surface area contributed by atoms with Crippen LogP contribution in [0, 0.1) is 0 Å². The Morgan fingerprint density at radius 2 is 2.41 bits per heavy atom. The van der Waals surface area contributed by atoms with Gasteiger partial charge in [-0.1, -0.05) is 0 Å². The van der Waals surface area contributed by atoms with Crippen molar-refractivity contribution in [2.24, 2.45) is 0 Å². The quantitative estimate of drug-likeness (QED) is 0.776. The van der Waals surface area contributed by atoms with Gasteiger partial charge in [-0.3, -0.25) is 4.79 Å². The predicted molar refractivity (Wildman–Crippen MR) is 57.9 cm³/mol. The number of hydrogen-bond acceptors (Lipinski definition) is 5. The van der Waals surface area contributed by atoms with E-state index in [1.807, 2.05) is 4.90 Å². The molecule has 1 aliphatic rings. The molecule has 1 aromatic rings.